The van der Waals surface area contributed by atoms with Gasteiger partial charge in [-0.2, -0.15) is 0 Å². The summed E-state index contributed by atoms with van der Waals surface area (Å²) in [6.07, 6.45) is 0. The number of benzene rings is 1. The average molecular weight is 182 g/mol. The quantitative estimate of drug-likeness (QED) is 0.537. The minimum absolute atomic E-state index is 0.0795. The zero-order chi connectivity index (χ0) is 7.72. The Morgan fingerprint density at radius 1 is 1.11 bits per heavy atom. The molecule has 0 spiro atoms. The fraction of sp³-hybridized carbons (Fsp3) is 0. The topological polar surface area (TPSA) is 0 Å². The van der Waals surface area contributed by atoms with E-state index < -0.39 is 0 Å². The summed E-state index contributed by atoms with van der Waals surface area (Å²) in [4.78, 5) is 0. The minimum atomic E-state index is 0.0795. The molecule has 0 saturated carbocycles. The fourth-order valence-electron chi connectivity index (χ4n) is 0.426. The van der Waals surface area contributed by atoms with Gasteiger partial charge in [-0.05, 0) is 18.2 Å². The summed E-state index contributed by atoms with van der Waals surface area (Å²) in [5.74, 6) is 0. The molecule has 0 aromatic heterocycles. The third-order valence-electron chi connectivity index (χ3n) is 0.815. The Hall–Kier alpha value is 0.0900. The van der Waals surface area contributed by atoms with Crippen molar-refractivity contribution in [3.8, 4) is 0 Å². The highest BCUT2D eigenvalue weighted by atomic mass is 35.5. The molecule has 3 heteroatoms. The molecular formula is C6H3Cl3. The van der Waals surface area contributed by atoms with Gasteiger partial charge in [0.25, 0.3) is 0 Å². The second kappa shape index (κ2) is 2.78. The molecule has 0 N–H and O–H groups in total. The Morgan fingerprint density at radius 3 is 2.33 bits per heavy atom. The molecule has 0 aliphatic heterocycles. The molecule has 9 heavy (non-hydrogen) atoms. The number of halogens is 3. The van der Waals surface area contributed by atoms with Gasteiger partial charge in [-0.3, -0.25) is 0 Å². The van der Waals surface area contributed by atoms with Gasteiger partial charge in [-0.15, -0.1) is 0 Å². The van der Waals surface area contributed by atoms with Gasteiger partial charge in [0.2, 0.25) is 0 Å². The highest BCUT2D eigenvalue weighted by molar-refractivity contribution is 6.43. The predicted molar refractivity (Wildman–Crippen MR) is 41.5 cm³/mol. The fourth-order valence-corrected chi connectivity index (χ4v) is 0.907. The molecule has 0 nitrogen and oxygen atoms in total. The van der Waals surface area contributed by atoms with Crippen LogP contribution in [0.5, 0.6) is 0 Å². The van der Waals surface area contributed by atoms with Crippen LogP contribution in [-0.2, 0) is 0 Å². The van der Waals surface area contributed by atoms with E-state index >= 15 is 0 Å². The first-order chi connectivity index (χ1) is 4.63. The summed E-state index contributed by atoms with van der Waals surface area (Å²) in [5.41, 5.74) is 0. The maximum atomic E-state index is 7.24. The third kappa shape index (κ3) is 1.75. The van der Waals surface area contributed by atoms with Crippen molar-refractivity contribution in [3.63, 3.8) is 0 Å². The summed E-state index contributed by atoms with van der Waals surface area (Å²) >= 11 is 16.7. The number of hydrogen-bond acceptors (Lipinski definition) is 0. The van der Waals surface area contributed by atoms with Crippen LogP contribution < -0.4 is 0 Å². The predicted octanol–water partition coefficient (Wildman–Crippen LogP) is 3.65. The van der Waals surface area contributed by atoms with E-state index in [0.717, 1.165) is 0 Å². The summed E-state index contributed by atoms with van der Waals surface area (Å²) in [7, 11) is 0. The molecule has 1 aromatic carbocycles. The lowest BCUT2D eigenvalue weighted by Gasteiger charge is -1.92. The van der Waals surface area contributed by atoms with Crippen molar-refractivity contribution in [1.82, 2.24) is 0 Å². The third-order valence-corrected chi connectivity index (χ3v) is 1.75. The van der Waals surface area contributed by atoms with Crippen molar-refractivity contribution in [2.45, 2.75) is 0 Å². The highest BCUT2D eigenvalue weighted by Crippen LogP contribution is 2.24. The Bertz CT molecular complexity index is 232. The minimum Gasteiger partial charge on any atom is -0.0843 e. The van der Waals surface area contributed by atoms with Gasteiger partial charge in [0, 0.05) is 5.02 Å². The van der Waals surface area contributed by atoms with E-state index in [9.17, 15) is 0 Å². The molecule has 0 aliphatic rings. The maximum Gasteiger partial charge on any atom is 0.0655 e. The van der Waals surface area contributed by atoms with E-state index in [1.807, 2.05) is 0 Å². The van der Waals surface area contributed by atoms with Crippen molar-refractivity contribution >= 4 is 34.8 Å². The summed E-state index contributed by atoms with van der Waals surface area (Å²) in [6, 6.07) is 3.18. The maximum absolute atomic E-state index is 7.24. The van der Waals surface area contributed by atoms with E-state index in [4.69, 9.17) is 36.2 Å². The monoisotopic (exact) mass is 181 g/mol. The van der Waals surface area contributed by atoms with Crippen LogP contribution in [0.1, 0.15) is 1.37 Å². The molecule has 0 fully saturated rings. The first kappa shape index (κ1) is 5.84. The molecule has 0 amide bonds. The lowest BCUT2D eigenvalue weighted by Crippen LogP contribution is -1.66. The van der Waals surface area contributed by atoms with Gasteiger partial charge in [-0.1, -0.05) is 34.8 Å². The zero-order valence-electron chi connectivity index (χ0n) is 5.29. The summed E-state index contributed by atoms with van der Waals surface area (Å²) < 4.78 is 7.24. The van der Waals surface area contributed by atoms with Gasteiger partial charge in [0.05, 0.1) is 11.4 Å². The highest BCUT2D eigenvalue weighted by Gasteiger charge is 1.94. The molecule has 0 unspecified atom stereocenters. The Labute approximate surface area is 69.7 Å². The molecule has 0 aliphatic carbocycles. The van der Waals surface area contributed by atoms with Crippen LogP contribution in [0, 0.1) is 0 Å². The van der Waals surface area contributed by atoms with E-state index in [2.05, 4.69) is 0 Å². The lowest BCUT2D eigenvalue weighted by atomic mass is 10.4. The lowest BCUT2D eigenvalue weighted by molar-refractivity contribution is 1.70. The van der Waals surface area contributed by atoms with Crippen LogP contribution in [-0.4, -0.2) is 0 Å². The summed E-state index contributed by atoms with van der Waals surface area (Å²) in [6.45, 7) is 0. The average Bonchev–Trinajstić information content (AvgIpc) is 1.93. The van der Waals surface area contributed by atoms with Gasteiger partial charge in [0.1, 0.15) is 0 Å². The molecule has 48 valence electrons. The molecule has 0 radical (unpaired) electrons. The van der Waals surface area contributed by atoms with Crippen molar-refractivity contribution < 1.29 is 1.37 Å². The molecule has 0 saturated heterocycles. The first-order valence-electron chi connectivity index (χ1n) is 2.73. The molecule has 0 atom stereocenters. The number of hydrogen-bond donors (Lipinski definition) is 0. The SMILES string of the molecule is [2H]c1c(Cl)ccc(Cl)c1Cl. The smallest absolute Gasteiger partial charge is 0.0655 e. The van der Waals surface area contributed by atoms with Gasteiger partial charge in [-0.25, -0.2) is 0 Å². The van der Waals surface area contributed by atoms with Gasteiger partial charge >= 0.3 is 0 Å². The van der Waals surface area contributed by atoms with E-state index in [1.54, 1.807) is 6.07 Å². The first-order valence-corrected chi connectivity index (χ1v) is 3.36. The van der Waals surface area contributed by atoms with Crippen molar-refractivity contribution in [2.75, 3.05) is 0 Å². The van der Waals surface area contributed by atoms with E-state index in [1.165, 1.54) is 6.07 Å². The largest absolute Gasteiger partial charge is 0.0843 e. The Morgan fingerprint density at radius 2 is 1.78 bits per heavy atom. The van der Waals surface area contributed by atoms with Crippen molar-refractivity contribution in [1.29, 1.82) is 0 Å². The Kier molecular flexibility index (Phi) is 1.81. The van der Waals surface area contributed by atoms with E-state index in [-0.39, 0.29) is 11.1 Å². The number of rotatable bonds is 0. The summed E-state index contributed by atoms with van der Waals surface area (Å²) in [5, 5.41) is 0.875. The second-order valence-electron chi connectivity index (χ2n) is 1.47. The van der Waals surface area contributed by atoms with Crippen LogP contribution in [0.3, 0.4) is 0 Å². The van der Waals surface area contributed by atoms with Crippen LogP contribution in [0.15, 0.2) is 18.2 Å². The molecular weight excluding hydrogens is 178 g/mol. The van der Waals surface area contributed by atoms with E-state index in [0.29, 0.717) is 10.0 Å². The zero-order valence-corrected chi connectivity index (χ0v) is 6.56. The van der Waals surface area contributed by atoms with Crippen LogP contribution in [0.2, 0.25) is 15.1 Å². The normalized spacial score (nSPS) is 11.2. The van der Waals surface area contributed by atoms with Gasteiger partial charge in [0.15, 0.2) is 0 Å². The molecule has 1 rings (SSSR count). The molecule has 0 heterocycles. The van der Waals surface area contributed by atoms with Crippen LogP contribution in [0.4, 0.5) is 0 Å². The standard InChI is InChI=1S/C6H3Cl3/c7-4-1-2-5(8)6(9)3-4/h1-3H/i3D. The Balaban J connectivity index is 3.34. The van der Waals surface area contributed by atoms with Crippen molar-refractivity contribution in [3.05, 3.63) is 33.2 Å². The van der Waals surface area contributed by atoms with Crippen molar-refractivity contribution in [2.24, 2.45) is 0 Å². The molecule has 1 aromatic rings. The molecule has 0 bridgehead atoms. The second-order valence-corrected chi connectivity index (χ2v) is 2.66. The van der Waals surface area contributed by atoms with Gasteiger partial charge < -0.3 is 0 Å². The van der Waals surface area contributed by atoms with Crippen LogP contribution >= 0.6 is 34.8 Å². The van der Waals surface area contributed by atoms with Crippen LogP contribution in [0.25, 0.3) is 0 Å².